The van der Waals surface area contributed by atoms with Crippen molar-refractivity contribution in [3.05, 3.63) is 19.2 Å². The second kappa shape index (κ2) is 6.23. The lowest BCUT2D eigenvalue weighted by Crippen LogP contribution is -2.32. The van der Waals surface area contributed by atoms with Gasteiger partial charge in [-0.25, -0.2) is 0 Å². The number of amides is 1. The molecule has 1 unspecified atom stereocenters. The van der Waals surface area contributed by atoms with Gasteiger partial charge in [-0.2, -0.15) is 0 Å². The highest BCUT2D eigenvalue weighted by Crippen LogP contribution is 2.32. The number of halogens is 3. The average molecular weight is 376 g/mol. The van der Waals surface area contributed by atoms with E-state index >= 15 is 0 Å². The Morgan fingerprint density at radius 1 is 1.67 bits per heavy atom. The Hall–Kier alpha value is 0.420. The molecule has 1 atom stereocenters. The molecule has 0 saturated carbocycles. The molecule has 2 nitrogen and oxygen atoms in total. The van der Waals surface area contributed by atoms with Gasteiger partial charge in [-0.1, -0.05) is 0 Å². The zero-order chi connectivity index (χ0) is 11.4. The van der Waals surface area contributed by atoms with Crippen molar-refractivity contribution in [3.63, 3.8) is 0 Å². The van der Waals surface area contributed by atoms with Gasteiger partial charge in [0.2, 0.25) is 0 Å². The van der Waals surface area contributed by atoms with Crippen LogP contribution in [0.5, 0.6) is 0 Å². The third-order valence-corrected chi connectivity index (χ3v) is 5.26. The minimum absolute atomic E-state index is 0.0518. The maximum absolute atomic E-state index is 11.7. The van der Waals surface area contributed by atoms with Crippen LogP contribution in [0.2, 0.25) is 0 Å². The molecule has 0 saturated heterocycles. The summed E-state index contributed by atoms with van der Waals surface area (Å²) in [5, 5.41) is 2.88. The van der Waals surface area contributed by atoms with Crippen LogP contribution in [0.1, 0.15) is 23.0 Å². The first-order valence-electron chi connectivity index (χ1n) is 4.36. The van der Waals surface area contributed by atoms with Crippen molar-refractivity contribution in [2.45, 2.75) is 19.4 Å². The van der Waals surface area contributed by atoms with Crippen molar-refractivity contribution >= 4 is 60.7 Å². The summed E-state index contributed by atoms with van der Waals surface area (Å²) in [6.07, 6.45) is 0.779. The predicted molar refractivity (Wildman–Crippen MR) is 72.0 cm³/mol. The molecule has 0 aliphatic carbocycles. The summed E-state index contributed by atoms with van der Waals surface area (Å²) in [5.74, 6) is 0.503. The number of carbonyl (C=O) groups excluding carboxylic acids is 1. The van der Waals surface area contributed by atoms with Gasteiger partial charge in [-0.15, -0.1) is 22.9 Å². The molecule has 0 spiro atoms. The number of alkyl halides is 1. The number of thiophene rings is 1. The summed E-state index contributed by atoms with van der Waals surface area (Å²) in [6.45, 7) is 1.94. The quantitative estimate of drug-likeness (QED) is 0.792. The van der Waals surface area contributed by atoms with E-state index in [-0.39, 0.29) is 11.9 Å². The maximum atomic E-state index is 11.7. The molecule has 1 aromatic heterocycles. The van der Waals surface area contributed by atoms with Crippen LogP contribution in [0.25, 0.3) is 0 Å². The van der Waals surface area contributed by atoms with Gasteiger partial charge >= 0.3 is 0 Å². The molecule has 0 bridgehead atoms. The Labute approximate surface area is 115 Å². The largest absolute Gasteiger partial charge is 0.349 e. The normalized spacial score (nSPS) is 12.5. The van der Waals surface area contributed by atoms with E-state index in [9.17, 15) is 4.79 Å². The molecule has 0 aliphatic rings. The molecule has 0 aromatic carbocycles. The van der Waals surface area contributed by atoms with Crippen LogP contribution in [0, 0.1) is 0 Å². The highest BCUT2D eigenvalue weighted by atomic mass is 79.9. The fourth-order valence-electron chi connectivity index (χ4n) is 0.989. The Balaban J connectivity index is 2.61. The van der Waals surface area contributed by atoms with Gasteiger partial charge in [-0.3, -0.25) is 4.79 Å². The van der Waals surface area contributed by atoms with Gasteiger partial charge in [0.15, 0.2) is 0 Å². The van der Waals surface area contributed by atoms with Crippen molar-refractivity contribution in [2.24, 2.45) is 0 Å². The molecule has 84 valence electrons. The van der Waals surface area contributed by atoms with Crippen LogP contribution in [-0.2, 0) is 0 Å². The van der Waals surface area contributed by atoms with Crippen LogP contribution in [-0.4, -0.2) is 17.8 Å². The molecule has 0 radical (unpaired) electrons. The molecule has 15 heavy (non-hydrogen) atoms. The second-order valence-electron chi connectivity index (χ2n) is 3.08. The number of hydrogen-bond acceptors (Lipinski definition) is 2. The Bertz CT molecular complexity index is 336. The molecule has 6 heteroatoms. The van der Waals surface area contributed by atoms with Gasteiger partial charge in [0.25, 0.3) is 5.91 Å². The molecule has 1 heterocycles. The molecular formula is C9H10Br2ClNOS. The van der Waals surface area contributed by atoms with Crippen molar-refractivity contribution in [2.75, 3.05) is 5.88 Å². The van der Waals surface area contributed by atoms with Crippen molar-refractivity contribution in [1.82, 2.24) is 5.32 Å². The van der Waals surface area contributed by atoms with E-state index in [4.69, 9.17) is 11.6 Å². The van der Waals surface area contributed by atoms with E-state index < -0.39 is 0 Å². The highest BCUT2D eigenvalue weighted by molar-refractivity contribution is 9.13. The van der Waals surface area contributed by atoms with Gasteiger partial charge in [0.05, 0.1) is 8.66 Å². The number of nitrogens with one attached hydrogen (secondary N) is 1. The number of rotatable bonds is 4. The lowest BCUT2D eigenvalue weighted by molar-refractivity contribution is 0.0943. The van der Waals surface area contributed by atoms with E-state index in [1.54, 1.807) is 6.07 Å². The first-order chi connectivity index (χ1) is 7.04. The minimum atomic E-state index is -0.0518. The zero-order valence-electron chi connectivity index (χ0n) is 8.02. The molecule has 0 fully saturated rings. The van der Waals surface area contributed by atoms with E-state index in [0.29, 0.717) is 10.8 Å². The zero-order valence-corrected chi connectivity index (χ0v) is 12.8. The maximum Gasteiger partial charge on any atom is 0.261 e. The van der Waals surface area contributed by atoms with E-state index in [1.165, 1.54) is 11.3 Å². The fourth-order valence-corrected chi connectivity index (χ4v) is 3.26. The van der Waals surface area contributed by atoms with Crippen LogP contribution in [0.15, 0.2) is 14.3 Å². The van der Waals surface area contributed by atoms with Crippen LogP contribution >= 0.6 is 54.8 Å². The summed E-state index contributed by atoms with van der Waals surface area (Å²) in [7, 11) is 0. The fraction of sp³-hybridized carbons (Fsp3) is 0.444. The van der Waals surface area contributed by atoms with Gasteiger partial charge < -0.3 is 5.32 Å². The SMILES string of the molecule is CC(CCCl)NC(=O)c1cc(Br)c(Br)s1. The van der Waals surface area contributed by atoms with E-state index in [0.717, 1.165) is 14.7 Å². The predicted octanol–water partition coefficient (Wildman–Crippen LogP) is 4.02. The van der Waals surface area contributed by atoms with Crippen molar-refractivity contribution < 1.29 is 4.79 Å². The lowest BCUT2D eigenvalue weighted by Gasteiger charge is -2.10. The van der Waals surface area contributed by atoms with E-state index in [1.807, 2.05) is 6.92 Å². The third-order valence-electron chi connectivity index (χ3n) is 1.79. The first kappa shape index (κ1) is 13.5. The average Bonchev–Trinajstić information content (AvgIpc) is 2.47. The number of hydrogen-bond donors (Lipinski definition) is 1. The lowest BCUT2D eigenvalue weighted by atomic mass is 10.2. The van der Waals surface area contributed by atoms with Gasteiger partial charge in [0, 0.05) is 16.4 Å². The Morgan fingerprint density at radius 3 is 2.80 bits per heavy atom. The molecular weight excluding hydrogens is 365 g/mol. The molecule has 1 amide bonds. The monoisotopic (exact) mass is 373 g/mol. The van der Waals surface area contributed by atoms with Gasteiger partial charge in [0.1, 0.15) is 0 Å². The molecule has 1 rings (SSSR count). The van der Waals surface area contributed by atoms with Crippen molar-refractivity contribution in [1.29, 1.82) is 0 Å². The summed E-state index contributed by atoms with van der Waals surface area (Å²) >= 11 is 13.7. The summed E-state index contributed by atoms with van der Waals surface area (Å²) in [4.78, 5) is 12.4. The Kier molecular flexibility index (Phi) is 5.60. The summed E-state index contributed by atoms with van der Waals surface area (Å²) in [5.41, 5.74) is 0. The topological polar surface area (TPSA) is 29.1 Å². The van der Waals surface area contributed by atoms with Crippen LogP contribution in [0.4, 0.5) is 0 Å². The van der Waals surface area contributed by atoms with Crippen LogP contribution < -0.4 is 5.32 Å². The smallest absolute Gasteiger partial charge is 0.261 e. The minimum Gasteiger partial charge on any atom is -0.349 e. The molecule has 1 aromatic rings. The van der Waals surface area contributed by atoms with Crippen LogP contribution in [0.3, 0.4) is 0 Å². The van der Waals surface area contributed by atoms with E-state index in [2.05, 4.69) is 37.2 Å². The summed E-state index contributed by atoms with van der Waals surface area (Å²) in [6, 6.07) is 1.91. The Morgan fingerprint density at radius 2 is 2.33 bits per heavy atom. The second-order valence-corrected chi connectivity index (χ2v) is 6.69. The third kappa shape index (κ3) is 4.06. The molecule has 1 N–H and O–H groups in total. The van der Waals surface area contributed by atoms with Crippen molar-refractivity contribution in [3.8, 4) is 0 Å². The summed E-state index contributed by atoms with van der Waals surface area (Å²) < 4.78 is 1.83. The first-order valence-corrected chi connectivity index (χ1v) is 7.30. The number of carbonyl (C=O) groups is 1. The van der Waals surface area contributed by atoms with Gasteiger partial charge in [-0.05, 0) is 51.3 Å². The molecule has 0 aliphatic heterocycles. The standard InChI is InChI=1S/C9H10Br2ClNOS/c1-5(2-3-12)13-9(14)7-4-6(10)8(11)15-7/h4-5H,2-3H2,1H3,(H,13,14). The highest BCUT2D eigenvalue weighted by Gasteiger charge is 2.13.